The van der Waals surface area contributed by atoms with Crippen LogP contribution in [-0.4, -0.2) is 0 Å². The Morgan fingerprint density at radius 3 is 1.88 bits per heavy atom. The van der Waals surface area contributed by atoms with E-state index in [0.29, 0.717) is 36.2 Å². The first kappa shape index (κ1) is 13.3. The number of hydrogen-bond donors (Lipinski definition) is 0. The average molecular weight is 326 g/mol. The predicted octanol–water partition coefficient (Wildman–Crippen LogP) is 6.62. The molecule has 2 rings (SSSR count). The lowest BCUT2D eigenvalue weighted by molar-refractivity contribution is 1.61. The first-order valence-corrected chi connectivity index (χ1v) is 6.49. The summed E-state index contributed by atoms with van der Waals surface area (Å²) >= 11 is 30.3. The maximum Gasteiger partial charge on any atom is 0.0686 e. The maximum atomic E-state index is 6.14. The van der Waals surface area contributed by atoms with Crippen LogP contribution < -0.4 is 0 Å². The van der Waals surface area contributed by atoms with E-state index in [9.17, 15) is 0 Å². The molecular formula is C12H5Cl5. The van der Waals surface area contributed by atoms with Crippen LogP contribution in [0.15, 0.2) is 30.3 Å². The molecule has 0 bridgehead atoms. The molecule has 0 saturated carbocycles. The van der Waals surface area contributed by atoms with Gasteiger partial charge in [0, 0.05) is 11.1 Å². The Hall–Kier alpha value is -0.110. The van der Waals surface area contributed by atoms with Crippen LogP contribution >= 0.6 is 58.0 Å². The lowest BCUT2D eigenvalue weighted by Gasteiger charge is -2.11. The van der Waals surface area contributed by atoms with Gasteiger partial charge in [0.2, 0.25) is 0 Å². The Kier molecular flexibility index (Phi) is 4.12. The van der Waals surface area contributed by atoms with Crippen molar-refractivity contribution in [3.05, 3.63) is 55.4 Å². The van der Waals surface area contributed by atoms with E-state index in [-0.39, 0.29) is 0 Å². The Labute approximate surface area is 124 Å². The average Bonchev–Trinajstić information content (AvgIpc) is 2.30. The first-order chi connectivity index (χ1) is 8.02. The number of benzene rings is 2. The number of rotatable bonds is 1. The smallest absolute Gasteiger partial charge is 0.0686 e. The zero-order valence-electron chi connectivity index (χ0n) is 8.28. The molecule has 0 N–H and O–H groups in total. The van der Waals surface area contributed by atoms with Crippen molar-refractivity contribution in [3.8, 4) is 11.1 Å². The molecule has 2 aromatic carbocycles. The molecule has 88 valence electrons. The SMILES string of the molecule is Clc1cccc(-c2c(Cl)ccc(Cl)c2Cl)c1Cl. The second-order valence-electron chi connectivity index (χ2n) is 3.32. The van der Waals surface area contributed by atoms with Crippen LogP contribution in [0.2, 0.25) is 25.1 Å². The van der Waals surface area contributed by atoms with Gasteiger partial charge >= 0.3 is 0 Å². The summed E-state index contributed by atoms with van der Waals surface area (Å²) in [6.45, 7) is 0. The summed E-state index contributed by atoms with van der Waals surface area (Å²) in [4.78, 5) is 0. The van der Waals surface area contributed by atoms with Crippen molar-refractivity contribution in [3.63, 3.8) is 0 Å². The van der Waals surface area contributed by atoms with E-state index < -0.39 is 0 Å². The Morgan fingerprint density at radius 2 is 1.18 bits per heavy atom. The van der Waals surface area contributed by atoms with Gasteiger partial charge in [-0.25, -0.2) is 0 Å². The highest BCUT2D eigenvalue weighted by Crippen LogP contribution is 2.43. The van der Waals surface area contributed by atoms with E-state index in [1.165, 1.54) is 0 Å². The molecule has 0 radical (unpaired) electrons. The van der Waals surface area contributed by atoms with Crippen LogP contribution in [-0.2, 0) is 0 Å². The van der Waals surface area contributed by atoms with Crippen LogP contribution in [0.4, 0.5) is 0 Å². The van der Waals surface area contributed by atoms with Crippen LogP contribution in [0.5, 0.6) is 0 Å². The van der Waals surface area contributed by atoms with Crippen LogP contribution in [0.1, 0.15) is 0 Å². The molecule has 0 spiro atoms. The van der Waals surface area contributed by atoms with Gasteiger partial charge in [-0.3, -0.25) is 0 Å². The summed E-state index contributed by atoms with van der Waals surface area (Å²) in [5, 5.41) is 2.10. The third-order valence-corrected chi connectivity index (χ3v) is 4.20. The summed E-state index contributed by atoms with van der Waals surface area (Å²) in [6.07, 6.45) is 0. The quantitative estimate of drug-likeness (QED) is 0.517. The largest absolute Gasteiger partial charge is 0.0836 e. The summed E-state index contributed by atoms with van der Waals surface area (Å²) in [5.74, 6) is 0. The molecule has 0 unspecified atom stereocenters. The normalized spacial score (nSPS) is 10.6. The summed E-state index contributed by atoms with van der Waals surface area (Å²) < 4.78 is 0. The van der Waals surface area contributed by atoms with E-state index in [1.54, 1.807) is 30.3 Å². The van der Waals surface area contributed by atoms with Crippen LogP contribution in [0.3, 0.4) is 0 Å². The van der Waals surface area contributed by atoms with E-state index in [2.05, 4.69) is 0 Å². The molecule has 0 heterocycles. The molecule has 0 aromatic heterocycles. The van der Waals surface area contributed by atoms with Crippen molar-refractivity contribution < 1.29 is 0 Å². The second kappa shape index (κ2) is 5.26. The van der Waals surface area contributed by atoms with Crippen LogP contribution in [0.25, 0.3) is 11.1 Å². The van der Waals surface area contributed by atoms with Crippen molar-refractivity contribution >= 4 is 58.0 Å². The fraction of sp³-hybridized carbons (Fsp3) is 0. The number of hydrogen-bond acceptors (Lipinski definition) is 0. The molecule has 0 nitrogen and oxygen atoms in total. The van der Waals surface area contributed by atoms with Crippen LogP contribution in [0, 0.1) is 0 Å². The van der Waals surface area contributed by atoms with Crippen molar-refractivity contribution in [2.75, 3.05) is 0 Å². The molecular weight excluding hydrogens is 321 g/mol. The highest BCUT2D eigenvalue weighted by molar-refractivity contribution is 6.48. The van der Waals surface area contributed by atoms with Crippen molar-refractivity contribution in [1.29, 1.82) is 0 Å². The lowest BCUT2D eigenvalue weighted by atomic mass is 10.1. The fourth-order valence-corrected chi connectivity index (χ4v) is 2.60. The van der Waals surface area contributed by atoms with Gasteiger partial charge in [0.05, 0.1) is 25.1 Å². The maximum absolute atomic E-state index is 6.14. The summed E-state index contributed by atoms with van der Waals surface area (Å²) in [5.41, 5.74) is 1.25. The first-order valence-electron chi connectivity index (χ1n) is 4.60. The van der Waals surface area contributed by atoms with Gasteiger partial charge in [-0.2, -0.15) is 0 Å². The van der Waals surface area contributed by atoms with E-state index >= 15 is 0 Å². The van der Waals surface area contributed by atoms with E-state index in [0.717, 1.165) is 0 Å². The lowest BCUT2D eigenvalue weighted by Crippen LogP contribution is -1.85. The second-order valence-corrected chi connectivity index (χ2v) is 5.30. The molecule has 17 heavy (non-hydrogen) atoms. The van der Waals surface area contributed by atoms with Crippen molar-refractivity contribution in [2.24, 2.45) is 0 Å². The topological polar surface area (TPSA) is 0 Å². The van der Waals surface area contributed by atoms with Gasteiger partial charge < -0.3 is 0 Å². The predicted molar refractivity (Wildman–Crippen MR) is 76.9 cm³/mol. The number of halogens is 5. The third kappa shape index (κ3) is 2.52. The van der Waals surface area contributed by atoms with Gasteiger partial charge in [0.15, 0.2) is 0 Å². The highest BCUT2D eigenvalue weighted by atomic mass is 35.5. The zero-order chi connectivity index (χ0) is 12.6. The molecule has 0 fully saturated rings. The van der Waals surface area contributed by atoms with Crippen molar-refractivity contribution in [1.82, 2.24) is 0 Å². The molecule has 0 aliphatic rings. The molecule has 0 atom stereocenters. The van der Waals surface area contributed by atoms with Crippen molar-refractivity contribution in [2.45, 2.75) is 0 Å². The summed E-state index contributed by atoms with van der Waals surface area (Å²) in [6, 6.07) is 8.56. The molecule has 0 aliphatic carbocycles. The Bertz CT molecular complexity index is 577. The van der Waals surface area contributed by atoms with Gasteiger partial charge in [-0.1, -0.05) is 70.1 Å². The van der Waals surface area contributed by atoms with Gasteiger partial charge in [0.1, 0.15) is 0 Å². The minimum absolute atomic E-state index is 0.364. The minimum Gasteiger partial charge on any atom is -0.0836 e. The summed E-state index contributed by atoms with van der Waals surface area (Å²) in [7, 11) is 0. The Balaban J connectivity index is 2.77. The molecule has 2 aromatic rings. The standard InChI is InChI=1S/C12H5Cl5/c13-7-4-5-9(15)12(17)10(7)6-2-1-3-8(14)11(6)16/h1-5H. The fourth-order valence-electron chi connectivity index (χ4n) is 1.47. The van der Waals surface area contributed by atoms with Gasteiger partial charge in [0.25, 0.3) is 0 Å². The monoisotopic (exact) mass is 324 g/mol. The van der Waals surface area contributed by atoms with E-state index in [1.807, 2.05) is 0 Å². The minimum atomic E-state index is 0.364. The molecule has 0 aliphatic heterocycles. The van der Waals surface area contributed by atoms with Gasteiger partial charge in [-0.15, -0.1) is 0 Å². The Morgan fingerprint density at radius 1 is 0.588 bits per heavy atom. The zero-order valence-corrected chi connectivity index (χ0v) is 12.1. The molecule has 5 heteroatoms. The van der Waals surface area contributed by atoms with E-state index in [4.69, 9.17) is 58.0 Å². The highest BCUT2D eigenvalue weighted by Gasteiger charge is 2.15. The van der Waals surface area contributed by atoms with Gasteiger partial charge in [-0.05, 0) is 18.2 Å². The third-order valence-electron chi connectivity index (χ3n) is 2.26. The molecule has 0 saturated heterocycles. The molecule has 0 amide bonds.